The highest BCUT2D eigenvalue weighted by Gasteiger charge is 2.59. The monoisotopic (exact) mass is 398 g/mol. The van der Waals surface area contributed by atoms with Crippen molar-refractivity contribution in [3.63, 3.8) is 0 Å². The summed E-state index contributed by atoms with van der Waals surface area (Å²) < 4.78 is 0. The van der Waals surface area contributed by atoms with Crippen LogP contribution in [0.3, 0.4) is 0 Å². The molecule has 1 heteroatoms. The minimum Gasteiger partial charge on any atom is -0.295 e. The van der Waals surface area contributed by atoms with Gasteiger partial charge in [-0.05, 0) is 103 Å². The van der Waals surface area contributed by atoms with Gasteiger partial charge in [0.05, 0.1) is 0 Å². The van der Waals surface area contributed by atoms with Gasteiger partial charge in [0.1, 0.15) is 0 Å². The number of hydrogen-bond donors (Lipinski definition) is 0. The van der Waals surface area contributed by atoms with Crippen LogP contribution in [0.25, 0.3) is 0 Å². The van der Waals surface area contributed by atoms with Crippen LogP contribution in [0.2, 0.25) is 0 Å². The van der Waals surface area contributed by atoms with Gasteiger partial charge in [0.2, 0.25) is 0 Å². The lowest BCUT2D eigenvalue weighted by atomic mass is 9.46. The molecule has 0 aromatic rings. The van der Waals surface area contributed by atoms with Gasteiger partial charge in [-0.15, -0.1) is 0 Å². The number of carbonyl (C=O) groups excluding carboxylic acids is 1. The highest BCUT2D eigenvalue weighted by Crippen LogP contribution is 2.67. The molecule has 1 nitrogen and oxygen atoms in total. The first-order valence-corrected chi connectivity index (χ1v) is 12.9. The second-order valence-corrected chi connectivity index (χ2v) is 12.5. The van der Waals surface area contributed by atoms with E-state index in [0.29, 0.717) is 16.6 Å². The molecule has 4 aliphatic rings. The van der Waals surface area contributed by atoms with E-state index in [9.17, 15) is 4.79 Å². The van der Waals surface area contributed by atoms with Gasteiger partial charge in [-0.3, -0.25) is 4.79 Å². The fourth-order valence-electron chi connectivity index (χ4n) is 8.59. The first-order valence-electron chi connectivity index (χ1n) is 12.9. The van der Waals surface area contributed by atoms with Gasteiger partial charge in [-0.25, -0.2) is 0 Å². The minimum atomic E-state index is 0.328. The van der Waals surface area contributed by atoms with E-state index in [-0.39, 0.29) is 0 Å². The van der Waals surface area contributed by atoms with E-state index in [1.165, 1.54) is 56.9 Å². The number of rotatable bonds is 5. The van der Waals surface area contributed by atoms with E-state index in [0.717, 1.165) is 54.3 Å². The Hall–Kier alpha value is -0.590. The van der Waals surface area contributed by atoms with Gasteiger partial charge in [-0.2, -0.15) is 0 Å². The Balaban J connectivity index is 1.49. The molecule has 0 aliphatic heterocycles. The summed E-state index contributed by atoms with van der Waals surface area (Å²) in [5, 5.41) is 0. The Morgan fingerprint density at radius 2 is 1.69 bits per heavy atom. The maximum atomic E-state index is 12.0. The lowest BCUT2D eigenvalue weighted by molar-refractivity contribution is -0.117. The number of fused-ring (bicyclic) bond motifs is 5. The van der Waals surface area contributed by atoms with Crippen molar-refractivity contribution in [2.75, 3.05) is 0 Å². The zero-order valence-electron chi connectivity index (χ0n) is 20.1. The van der Waals surface area contributed by atoms with Crippen LogP contribution in [0.15, 0.2) is 11.6 Å². The maximum Gasteiger partial charge on any atom is 0.155 e. The Kier molecular flexibility index (Phi) is 5.84. The predicted molar refractivity (Wildman–Crippen MR) is 123 cm³/mol. The van der Waals surface area contributed by atoms with E-state index < -0.39 is 0 Å². The molecule has 0 radical (unpaired) electrons. The summed E-state index contributed by atoms with van der Waals surface area (Å²) in [7, 11) is 0. The van der Waals surface area contributed by atoms with E-state index in [2.05, 4.69) is 47.6 Å². The van der Waals surface area contributed by atoms with Gasteiger partial charge >= 0.3 is 0 Å². The largest absolute Gasteiger partial charge is 0.295 e. The normalized spacial score (nSPS) is 44.0. The predicted octanol–water partition coefficient (Wildman–Crippen LogP) is 7.84. The summed E-state index contributed by atoms with van der Waals surface area (Å²) in [6.45, 7) is 15.0. The van der Waals surface area contributed by atoms with Crippen LogP contribution < -0.4 is 0 Å². The summed E-state index contributed by atoms with van der Waals surface area (Å²) in [5.41, 5.74) is 2.42. The second kappa shape index (κ2) is 7.83. The molecular weight excluding hydrogens is 352 g/mol. The van der Waals surface area contributed by atoms with Crippen molar-refractivity contribution in [2.45, 2.75) is 106 Å². The van der Waals surface area contributed by atoms with Crippen LogP contribution >= 0.6 is 0 Å². The standard InChI is InChI=1S/C28H46O/c1-18(2)19(3)7-8-20(4)24-11-12-25-23-10-9-21-17-22(29)13-15-27(21,5)26(23)14-16-28(24,25)6/h17-20,23-26H,7-16H2,1-6H3/t19-,20-,23+,24-,25-,26+,27+,28-/m1/s1. The second-order valence-electron chi connectivity index (χ2n) is 12.5. The molecule has 3 fully saturated rings. The molecular formula is C28H46O. The molecule has 0 bridgehead atoms. The molecule has 0 saturated heterocycles. The Morgan fingerprint density at radius 1 is 0.931 bits per heavy atom. The van der Waals surface area contributed by atoms with Crippen LogP contribution in [0.5, 0.6) is 0 Å². The lowest BCUT2D eigenvalue weighted by Gasteiger charge is -2.58. The molecule has 0 N–H and O–H groups in total. The number of ketones is 1. The van der Waals surface area contributed by atoms with Gasteiger partial charge < -0.3 is 0 Å². The SMILES string of the molecule is CC(C)[C@H](C)CC[C@@H](C)[C@H]1CC[C@@H]2[C@@H]3CCC4=CC(=O)CC[C@]4(C)[C@H]3CC[C@@]21C. The molecule has 0 heterocycles. The Bertz CT molecular complexity index is 659. The van der Waals surface area contributed by atoms with Gasteiger partial charge in [0, 0.05) is 6.42 Å². The van der Waals surface area contributed by atoms with Crippen molar-refractivity contribution in [3.8, 4) is 0 Å². The molecule has 0 unspecified atom stereocenters. The summed E-state index contributed by atoms with van der Waals surface area (Å²) in [6.07, 6.45) is 15.1. The van der Waals surface area contributed by atoms with Crippen LogP contribution in [0, 0.1) is 52.3 Å². The van der Waals surface area contributed by atoms with Crippen LogP contribution in [-0.4, -0.2) is 5.78 Å². The summed E-state index contributed by atoms with van der Waals surface area (Å²) in [6, 6.07) is 0. The average Bonchev–Trinajstić information content (AvgIpc) is 3.03. The van der Waals surface area contributed by atoms with E-state index >= 15 is 0 Å². The maximum absolute atomic E-state index is 12.0. The molecule has 0 aromatic carbocycles. The summed E-state index contributed by atoms with van der Waals surface area (Å²) in [4.78, 5) is 12.0. The van der Waals surface area contributed by atoms with Crippen molar-refractivity contribution in [1.82, 2.24) is 0 Å². The molecule has 0 spiro atoms. The Morgan fingerprint density at radius 3 is 2.41 bits per heavy atom. The highest BCUT2D eigenvalue weighted by molar-refractivity contribution is 5.91. The smallest absolute Gasteiger partial charge is 0.155 e. The van der Waals surface area contributed by atoms with E-state index in [4.69, 9.17) is 0 Å². The molecule has 8 atom stereocenters. The van der Waals surface area contributed by atoms with Crippen LogP contribution in [-0.2, 0) is 4.79 Å². The molecule has 3 saturated carbocycles. The summed E-state index contributed by atoms with van der Waals surface area (Å²) >= 11 is 0. The van der Waals surface area contributed by atoms with Crippen molar-refractivity contribution in [2.24, 2.45) is 52.3 Å². The van der Waals surface area contributed by atoms with Crippen LogP contribution in [0.1, 0.15) is 106 Å². The first kappa shape index (κ1) is 21.6. The van der Waals surface area contributed by atoms with E-state index in [1.807, 2.05) is 0 Å². The summed E-state index contributed by atoms with van der Waals surface area (Å²) in [5.74, 6) is 6.57. The molecule has 29 heavy (non-hydrogen) atoms. The van der Waals surface area contributed by atoms with Crippen molar-refractivity contribution in [1.29, 1.82) is 0 Å². The van der Waals surface area contributed by atoms with Gasteiger partial charge in [0.25, 0.3) is 0 Å². The Labute approximate surface area is 180 Å². The average molecular weight is 399 g/mol. The van der Waals surface area contributed by atoms with Gasteiger partial charge in [-0.1, -0.05) is 60.0 Å². The zero-order chi connectivity index (χ0) is 21.0. The van der Waals surface area contributed by atoms with Crippen molar-refractivity contribution in [3.05, 3.63) is 11.6 Å². The van der Waals surface area contributed by atoms with E-state index in [1.54, 1.807) is 0 Å². The third-order valence-electron chi connectivity index (χ3n) is 10.9. The molecule has 0 amide bonds. The number of hydrogen-bond acceptors (Lipinski definition) is 1. The van der Waals surface area contributed by atoms with Crippen LogP contribution in [0.4, 0.5) is 0 Å². The first-order chi connectivity index (χ1) is 13.7. The lowest BCUT2D eigenvalue weighted by Crippen LogP contribution is -2.51. The molecule has 0 aromatic heterocycles. The fraction of sp³-hybridized carbons (Fsp3) is 0.893. The number of allylic oxidation sites excluding steroid dienone is 1. The third-order valence-corrected chi connectivity index (χ3v) is 10.9. The molecule has 4 rings (SSSR count). The topological polar surface area (TPSA) is 17.1 Å². The van der Waals surface area contributed by atoms with Crippen molar-refractivity contribution < 1.29 is 4.79 Å². The minimum absolute atomic E-state index is 0.328. The molecule has 164 valence electrons. The molecule has 4 aliphatic carbocycles. The number of carbonyl (C=O) groups is 1. The zero-order valence-corrected chi connectivity index (χ0v) is 20.1. The third kappa shape index (κ3) is 3.57. The van der Waals surface area contributed by atoms with Gasteiger partial charge in [0.15, 0.2) is 5.78 Å². The fourth-order valence-corrected chi connectivity index (χ4v) is 8.59. The highest BCUT2D eigenvalue weighted by atomic mass is 16.1. The quantitative estimate of drug-likeness (QED) is 0.461. The van der Waals surface area contributed by atoms with Crippen molar-refractivity contribution >= 4 is 5.78 Å².